The molecule has 0 saturated heterocycles. The smallest absolute Gasteiger partial charge is 0.207 e. The molecule has 0 saturated carbocycles. The maximum Gasteiger partial charge on any atom is 0.244 e. The fourth-order valence-corrected chi connectivity index (χ4v) is 4.01. The minimum Gasteiger partial charge on any atom is -0.207 e. The van der Waals surface area contributed by atoms with E-state index in [-0.39, 0.29) is 0 Å². The van der Waals surface area contributed by atoms with Crippen LogP contribution >= 0.6 is 0 Å². The molecule has 0 fully saturated rings. The maximum absolute atomic E-state index is 13.8. The van der Waals surface area contributed by atoms with Crippen molar-refractivity contribution >= 4 is 10.0 Å². The summed E-state index contributed by atoms with van der Waals surface area (Å²) in [5.74, 6) is -1.35. The second kappa shape index (κ2) is 8.06. The van der Waals surface area contributed by atoms with E-state index in [2.05, 4.69) is 18.6 Å². The molecule has 136 valence electrons. The quantitative estimate of drug-likeness (QED) is 0.756. The molecule has 1 N–H and O–H groups in total. The largest absolute Gasteiger partial charge is 0.244 e. The van der Waals surface area contributed by atoms with Gasteiger partial charge in [0.1, 0.15) is 16.5 Å². The van der Waals surface area contributed by atoms with Crippen molar-refractivity contribution < 1.29 is 17.2 Å². The Hall–Kier alpha value is -1.79. The molecule has 0 radical (unpaired) electrons. The first-order valence-corrected chi connectivity index (χ1v) is 9.84. The van der Waals surface area contributed by atoms with Crippen molar-refractivity contribution in [2.24, 2.45) is 0 Å². The lowest BCUT2D eigenvalue weighted by Crippen LogP contribution is -2.29. The number of hydrogen-bond donors (Lipinski definition) is 1. The fraction of sp³-hybridized carbons (Fsp3) is 0.368. The third kappa shape index (κ3) is 4.64. The van der Waals surface area contributed by atoms with E-state index in [1.165, 1.54) is 5.56 Å². The first-order chi connectivity index (χ1) is 11.8. The lowest BCUT2D eigenvalue weighted by atomic mass is 9.96. The molecule has 0 spiro atoms. The first-order valence-electron chi connectivity index (χ1n) is 8.35. The molecule has 0 aliphatic carbocycles. The first kappa shape index (κ1) is 19.5. The molecule has 2 aromatic carbocycles. The topological polar surface area (TPSA) is 46.2 Å². The number of sulfonamides is 1. The molecule has 2 rings (SSSR count). The van der Waals surface area contributed by atoms with E-state index in [0.29, 0.717) is 18.4 Å². The van der Waals surface area contributed by atoms with Crippen LogP contribution in [0.2, 0.25) is 0 Å². The average Bonchev–Trinajstić information content (AvgIpc) is 2.61. The van der Waals surface area contributed by atoms with Gasteiger partial charge in [0.25, 0.3) is 0 Å². The van der Waals surface area contributed by atoms with E-state index in [1.54, 1.807) is 0 Å². The number of hydrogen-bond acceptors (Lipinski definition) is 2. The number of rotatable bonds is 7. The standard InChI is InChI=1S/C19H23F2NO2S/c1-4-13(3)14-6-8-15(9-7-14)18(5-2)22-25(23,24)19-12-16(20)10-11-17(19)21/h6-13,18,22H,4-5H2,1-3H3. The molecule has 0 bridgehead atoms. The van der Waals surface area contributed by atoms with Gasteiger partial charge in [-0.3, -0.25) is 0 Å². The molecule has 25 heavy (non-hydrogen) atoms. The predicted octanol–water partition coefficient (Wildman–Crippen LogP) is 4.91. The maximum atomic E-state index is 13.8. The highest BCUT2D eigenvalue weighted by molar-refractivity contribution is 7.89. The lowest BCUT2D eigenvalue weighted by Gasteiger charge is -2.19. The zero-order valence-electron chi connectivity index (χ0n) is 14.6. The highest BCUT2D eigenvalue weighted by Gasteiger charge is 2.24. The predicted molar refractivity (Wildman–Crippen MR) is 94.9 cm³/mol. The number of benzene rings is 2. The molecule has 0 aromatic heterocycles. The SMILES string of the molecule is CCC(C)c1ccc(C(CC)NS(=O)(=O)c2cc(F)ccc2F)cc1. The molecule has 2 unspecified atom stereocenters. The summed E-state index contributed by atoms with van der Waals surface area (Å²) in [6, 6.07) is 9.58. The van der Waals surface area contributed by atoms with Gasteiger partial charge in [-0.05, 0) is 48.1 Å². The number of nitrogens with one attached hydrogen (secondary N) is 1. The van der Waals surface area contributed by atoms with E-state index < -0.39 is 32.6 Å². The molecule has 2 atom stereocenters. The van der Waals surface area contributed by atoms with Crippen LogP contribution in [0.4, 0.5) is 8.78 Å². The van der Waals surface area contributed by atoms with Gasteiger partial charge >= 0.3 is 0 Å². The fourth-order valence-electron chi connectivity index (χ4n) is 2.61. The molecular weight excluding hydrogens is 344 g/mol. The van der Waals surface area contributed by atoms with E-state index in [4.69, 9.17) is 0 Å². The summed E-state index contributed by atoms with van der Waals surface area (Å²) in [5, 5.41) is 0. The molecule has 2 aromatic rings. The second-order valence-electron chi connectivity index (χ2n) is 6.13. The molecule has 3 nitrogen and oxygen atoms in total. The Morgan fingerprint density at radius 3 is 2.12 bits per heavy atom. The minimum absolute atomic E-state index is 0.423. The Bertz CT molecular complexity index is 820. The summed E-state index contributed by atoms with van der Waals surface area (Å²) in [4.78, 5) is -0.679. The highest BCUT2D eigenvalue weighted by atomic mass is 32.2. The summed E-state index contributed by atoms with van der Waals surface area (Å²) in [5.41, 5.74) is 1.97. The van der Waals surface area contributed by atoms with Crippen molar-refractivity contribution in [3.05, 3.63) is 65.2 Å². The van der Waals surface area contributed by atoms with Gasteiger partial charge in [0, 0.05) is 6.04 Å². The van der Waals surface area contributed by atoms with Crippen LogP contribution in [-0.2, 0) is 10.0 Å². The van der Waals surface area contributed by atoms with Gasteiger partial charge in [-0.25, -0.2) is 21.9 Å². The Kier molecular flexibility index (Phi) is 6.30. The van der Waals surface area contributed by atoms with Crippen LogP contribution in [0.5, 0.6) is 0 Å². The van der Waals surface area contributed by atoms with Gasteiger partial charge < -0.3 is 0 Å². The van der Waals surface area contributed by atoms with Crippen molar-refractivity contribution in [1.82, 2.24) is 4.72 Å². The van der Waals surface area contributed by atoms with Crippen molar-refractivity contribution in [1.29, 1.82) is 0 Å². The Morgan fingerprint density at radius 2 is 1.56 bits per heavy atom. The van der Waals surface area contributed by atoms with Crippen LogP contribution in [0.15, 0.2) is 47.4 Å². The van der Waals surface area contributed by atoms with Crippen molar-refractivity contribution in [3.63, 3.8) is 0 Å². The Balaban J connectivity index is 2.28. The van der Waals surface area contributed by atoms with Crippen LogP contribution in [0, 0.1) is 11.6 Å². The summed E-state index contributed by atoms with van der Waals surface area (Å²) in [6.07, 6.45) is 1.50. The molecule has 6 heteroatoms. The van der Waals surface area contributed by atoms with Gasteiger partial charge in [0.15, 0.2) is 0 Å². The van der Waals surface area contributed by atoms with E-state index in [0.717, 1.165) is 24.1 Å². The van der Waals surface area contributed by atoms with Crippen LogP contribution in [0.1, 0.15) is 56.7 Å². The molecular formula is C19H23F2NO2S. The van der Waals surface area contributed by atoms with Crippen LogP contribution in [-0.4, -0.2) is 8.42 Å². The van der Waals surface area contributed by atoms with E-state index in [9.17, 15) is 17.2 Å². The van der Waals surface area contributed by atoms with Crippen LogP contribution in [0.25, 0.3) is 0 Å². The van der Waals surface area contributed by atoms with Crippen molar-refractivity contribution in [2.75, 3.05) is 0 Å². The van der Waals surface area contributed by atoms with E-state index >= 15 is 0 Å². The van der Waals surface area contributed by atoms with Crippen molar-refractivity contribution in [2.45, 2.75) is 50.5 Å². The Morgan fingerprint density at radius 1 is 0.960 bits per heavy atom. The average molecular weight is 367 g/mol. The van der Waals surface area contributed by atoms with Gasteiger partial charge in [-0.2, -0.15) is 0 Å². The monoisotopic (exact) mass is 367 g/mol. The van der Waals surface area contributed by atoms with Crippen LogP contribution < -0.4 is 4.72 Å². The molecule has 0 amide bonds. The number of halogens is 2. The zero-order chi connectivity index (χ0) is 18.6. The van der Waals surface area contributed by atoms with Crippen molar-refractivity contribution in [3.8, 4) is 0 Å². The third-order valence-electron chi connectivity index (χ3n) is 4.41. The summed E-state index contributed by atoms with van der Waals surface area (Å²) in [7, 11) is -4.17. The van der Waals surface area contributed by atoms with Gasteiger partial charge in [0.05, 0.1) is 0 Å². The molecule has 0 aliphatic rings. The van der Waals surface area contributed by atoms with Gasteiger partial charge in [-0.15, -0.1) is 0 Å². The lowest BCUT2D eigenvalue weighted by molar-refractivity contribution is 0.528. The summed E-state index contributed by atoms with van der Waals surface area (Å²) < 4.78 is 54.5. The van der Waals surface area contributed by atoms with E-state index in [1.807, 2.05) is 31.2 Å². The summed E-state index contributed by atoms with van der Waals surface area (Å²) in [6.45, 7) is 6.06. The van der Waals surface area contributed by atoms with Gasteiger partial charge in [-0.1, -0.05) is 45.0 Å². The second-order valence-corrected chi connectivity index (χ2v) is 7.82. The molecule has 0 heterocycles. The van der Waals surface area contributed by atoms with Gasteiger partial charge in [0.2, 0.25) is 10.0 Å². The summed E-state index contributed by atoms with van der Waals surface area (Å²) >= 11 is 0. The minimum atomic E-state index is -4.17. The zero-order valence-corrected chi connectivity index (χ0v) is 15.4. The Labute approximate surface area is 148 Å². The van der Waals surface area contributed by atoms with Crippen LogP contribution in [0.3, 0.4) is 0 Å². The normalized spacial score (nSPS) is 14.3. The highest BCUT2D eigenvalue weighted by Crippen LogP contribution is 2.25. The molecule has 0 aliphatic heterocycles. The third-order valence-corrected chi connectivity index (χ3v) is 5.90.